The molecule has 1 aliphatic carbocycles. The van der Waals surface area contributed by atoms with Crippen LogP contribution in [-0.4, -0.2) is 36.4 Å². The standard InChI is InChI=1S/C16H31NO3/c1-5-8-17-14(16(18)19)10-20-15-9-12(4)6-7-13(15)11(2)3/h11-15,17H,5-10H2,1-4H3,(H,18,19). The molecule has 118 valence electrons. The van der Waals surface area contributed by atoms with Crippen molar-refractivity contribution < 1.29 is 14.6 Å². The third-order valence-corrected chi connectivity index (χ3v) is 4.38. The Hall–Kier alpha value is -0.610. The van der Waals surface area contributed by atoms with Gasteiger partial charge in [0.1, 0.15) is 6.04 Å². The van der Waals surface area contributed by atoms with Gasteiger partial charge in [-0.15, -0.1) is 0 Å². The highest BCUT2D eigenvalue weighted by atomic mass is 16.5. The Bertz CT molecular complexity index is 293. The monoisotopic (exact) mass is 285 g/mol. The number of rotatable bonds is 8. The van der Waals surface area contributed by atoms with Gasteiger partial charge in [-0.25, -0.2) is 0 Å². The second-order valence-electron chi connectivity index (χ2n) is 6.54. The number of ether oxygens (including phenoxy) is 1. The van der Waals surface area contributed by atoms with Crippen LogP contribution < -0.4 is 5.32 Å². The Morgan fingerprint density at radius 1 is 1.40 bits per heavy atom. The normalized spacial score (nSPS) is 28.6. The maximum Gasteiger partial charge on any atom is 0.323 e. The minimum atomic E-state index is -0.816. The number of aliphatic carboxylic acids is 1. The van der Waals surface area contributed by atoms with Crippen molar-refractivity contribution in [3.8, 4) is 0 Å². The van der Waals surface area contributed by atoms with Gasteiger partial charge < -0.3 is 15.2 Å². The van der Waals surface area contributed by atoms with E-state index in [2.05, 4.69) is 26.1 Å². The molecule has 0 aliphatic heterocycles. The zero-order valence-electron chi connectivity index (χ0n) is 13.4. The Morgan fingerprint density at radius 2 is 2.10 bits per heavy atom. The second-order valence-corrected chi connectivity index (χ2v) is 6.54. The van der Waals surface area contributed by atoms with E-state index in [0.717, 1.165) is 19.4 Å². The number of carbonyl (C=O) groups is 1. The van der Waals surface area contributed by atoms with Crippen molar-refractivity contribution in [1.82, 2.24) is 5.32 Å². The van der Waals surface area contributed by atoms with Crippen molar-refractivity contribution in [2.45, 2.75) is 65.5 Å². The van der Waals surface area contributed by atoms with E-state index < -0.39 is 12.0 Å². The number of hydrogen-bond acceptors (Lipinski definition) is 3. The summed E-state index contributed by atoms with van der Waals surface area (Å²) in [6, 6.07) is -0.583. The minimum Gasteiger partial charge on any atom is -0.480 e. The first kappa shape index (κ1) is 17.4. The molecule has 1 saturated carbocycles. The van der Waals surface area contributed by atoms with Gasteiger partial charge in [0.2, 0.25) is 0 Å². The van der Waals surface area contributed by atoms with E-state index >= 15 is 0 Å². The van der Waals surface area contributed by atoms with E-state index in [0.29, 0.717) is 17.8 Å². The number of carboxylic acid groups (broad SMARTS) is 1. The van der Waals surface area contributed by atoms with Gasteiger partial charge in [-0.3, -0.25) is 4.79 Å². The molecule has 1 aliphatic rings. The molecule has 0 radical (unpaired) electrons. The summed E-state index contributed by atoms with van der Waals surface area (Å²) in [6.45, 7) is 9.76. The van der Waals surface area contributed by atoms with Gasteiger partial charge in [0.05, 0.1) is 12.7 Å². The highest BCUT2D eigenvalue weighted by molar-refractivity contribution is 5.73. The Kier molecular flexibility index (Phi) is 7.52. The van der Waals surface area contributed by atoms with Gasteiger partial charge in [-0.2, -0.15) is 0 Å². The molecule has 0 aromatic carbocycles. The van der Waals surface area contributed by atoms with Crippen molar-refractivity contribution in [2.75, 3.05) is 13.2 Å². The van der Waals surface area contributed by atoms with Crippen LogP contribution in [0.1, 0.15) is 53.4 Å². The van der Waals surface area contributed by atoms with Crippen LogP contribution in [0.2, 0.25) is 0 Å². The number of carboxylic acids is 1. The number of hydrogen-bond donors (Lipinski definition) is 2. The zero-order valence-corrected chi connectivity index (χ0v) is 13.4. The maximum absolute atomic E-state index is 11.2. The average molecular weight is 285 g/mol. The lowest BCUT2D eigenvalue weighted by atomic mass is 9.75. The largest absolute Gasteiger partial charge is 0.480 e. The molecule has 2 N–H and O–H groups in total. The topological polar surface area (TPSA) is 58.6 Å². The fraction of sp³-hybridized carbons (Fsp3) is 0.938. The molecule has 4 unspecified atom stereocenters. The van der Waals surface area contributed by atoms with E-state index in [4.69, 9.17) is 4.74 Å². The van der Waals surface area contributed by atoms with Gasteiger partial charge >= 0.3 is 5.97 Å². The molecule has 1 rings (SSSR count). The van der Waals surface area contributed by atoms with Crippen LogP contribution in [0, 0.1) is 17.8 Å². The molecule has 4 nitrogen and oxygen atoms in total. The predicted molar refractivity (Wildman–Crippen MR) is 80.8 cm³/mol. The SMILES string of the molecule is CCCNC(COC1CC(C)CCC1C(C)C)C(=O)O. The summed E-state index contributed by atoms with van der Waals surface area (Å²) < 4.78 is 6.00. The highest BCUT2D eigenvalue weighted by Crippen LogP contribution is 2.35. The van der Waals surface area contributed by atoms with Crippen molar-refractivity contribution in [2.24, 2.45) is 17.8 Å². The molecule has 0 bridgehead atoms. The summed E-state index contributed by atoms with van der Waals surface area (Å²) in [6.07, 6.45) is 4.66. The molecule has 0 heterocycles. The fourth-order valence-corrected chi connectivity index (χ4v) is 3.06. The summed E-state index contributed by atoms with van der Waals surface area (Å²) in [5.41, 5.74) is 0. The predicted octanol–water partition coefficient (Wildman–Crippen LogP) is 2.92. The Morgan fingerprint density at radius 3 is 2.65 bits per heavy atom. The van der Waals surface area contributed by atoms with Crippen LogP contribution in [-0.2, 0) is 9.53 Å². The zero-order chi connectivity index (χ0) is 15.1. The third kappa shape index (κ3) is 5.41. The molecular formula is C16H31NO3. The van der Waals surface area contributed by atoms with E-state index in [-0.39, 0.29) is 12.7 Å². The van der Waals surface area contributed by atoms with Crippen LogP contribution in [0.15, 0.2) is 0 Å². The van der Waals surface area contributed by atoms with Crippen molar-refractivity contribution >= 4 is 5.97 Å². The molecule has 4 atom stereocenters. The lowest BCUT2D eigenvalue weighted by molar-refractivity contribution is -0.143. The molecule has 0 spiro atoms. The molecule has 1 fully saturated rings. The summed E-state index contributed by atoms with van der Waals surface area (Å²) in [5.74, 6) is 1.02. The van der Waals surface area contributed by atoms with Gasteiger partial charge in [0, 0.05) is 0 Å². The molecule has 0 aromatic rings. The molecule has 0 aromatic heterocycles. The maximum atomic E-state index is 11.2. The van der Waals surface area contributed by atoms with Crippen molar-refractivity contribution in [1.29, 1.82) is 0 Å². The Balaban J connectivity index is 2.52. The fourth-order valence-electron chi connectivity index (χ4n) is 3.06. The van der Waals surface area contributed by atoms with Gasteiger partial charge in [0.15, 0.2) is 0 Å². The molecule has 0 amide bonds. The minimum absolute atomic E-state index is 0.212. The van der Waals surface area contributed by atoms with E-state index in [1.54, 1.807) is 0 Å². The molecule has 20 heavy (non-hydrogen) atoms. The molecule has 0 saturated heterocycles. The molecular weight excluding hydrogens is 254 g/mol. The van der Waals surface area contributed by atoms with Gasteiger partial charge in [-0.1, -0.05) is 34.1 Å². The van der Waals surface area contributed by atoms with Gasteiger partial charge in [0.25, 0.3) is 0 Å². The first-order valence-corrected chi connectivity index (χ1v) is 8.03. The second kappa shape index (κ2) is 8.63. The van der Waals surface area contributed by atoms with Crippen molar-refractivity contribution in [3.05, 3.63) is 0 Å². The van der Waals surface area contributed by atoms with E-state index in [9.17, 15) is 9.90 Å². The lowest BCUT2D eigenvalue weighted by Gasteiger charge is -2.37. The van der Waals surface area contributed by atoms with Crippen LogP contribution in [0.25, 0.3) is 0 Å². The summed E-state index contributed by atoms with van der Waals surface area (Å²) in [7, 11) is 0. The summed E-state index contributed by atoms with van der Waals surface area (Å²) >= 11 is 0. The van der Waals surface area contributed by atoms with Crippen LogP contribution in [0.3, 0.4) is 0 Å². The molecule has 4 heteroatoms. The average Bonchev–Trinajstić information content (AvgIpc) is 2.38. The number of nitrogens with one attached hydrogen (secondary N) is 1. The van der Waals surface area contributed by atoms with E-state index in [1.165, 1.54) is 12.8 Å². The summed E-state index contributed by atoms with van der Waals surface area (Å²) in [5, 5.41) is 12.3. The first-order valence-electron chi connectivity index (χ1n) is 8.03. The quantitative estimate of drug-likeness (QED) is 0.720. The summed E-state index contributed by atoms with van der Waals surface area (Å²) in [4.78, 5) is 11.2. The van der Waals surface area contributed by atoms with Crippen molar-refractivity contribution in [3.63, 3.8) is 0 Å². The third-order valence-electron chi connectivity index (χ3n) is 4.38. The smallest absolute Gasteiger partial charge is 0.323 e. The first-order chi connectivity index (χ1) is 9.45. The van der Waals surface area contributed by atoms with Gasteiger partial charge in [-0.05, 0) is 43.6 Å². The van der Waals surface area contributed by atoms with Crippen LogP contribution in [0.5, 0.6) is 0 Å². The van der Waals surface area contributed by atoms with E-state index in [1.807, 2.05) is 6.92 Å². The Labute approximate surface area is 123 Å². The lowest BCUT2D eigenvalue weighted by Crippen LogP contribution is -2.44. The van der Waals surface area contributed by atoms with Crippen LogP contribution in [0.4, 0.5) is 0 Å². The van der Waals surface area contributed by atoms with Crippen LogP contribution >= 0.6 is 0 Å². The highest BCUT2D eigenvalue weighted by Gasteiger charge is 2.32.